The van der Waals surface area contributed by atoms with Gasteiger partial charge in [0.1, 0.15) is 23.4 Å². The quantitative estimate of drug-likeness (QED) is 0.161. The van der Waals surface area contributed by atoms with E-state index in [0.29, 0.717) is 40.9 Å². The summed E-state index contributed by atoms with van der Waals surface area (Å²) in [5.74, 6) is 0.131. The molecule has 40 heavy (non-hydrogen) atoms. The fourth-order valence-corrected chi connectivity index (χ4v) is 6.41. The van der Waals surface area contributed by atoms with Crippen LogP contribution in [-0.4, -0.2) is 34.5 Å². The van der Waals surface area contributed by atoms with Gasteiger partial charge in [0.15, 0.2) is 5.13 Å². The zero-order chi connectivity index (χ0) is 28.1. The lowest BCUT2D eigenvalue weighted by Gasteiger charge is -2.23. The topological polar surface area (TPSA) is 89.0 Å². The maximum absolute atomic E-state index is 13.6. The predicted octanol–water partition coefficient (Wildman–Crippen LogP) is 6.77. The number of hydrogen-bond acceptors (Lipinski definition) is 7. The van der Waals surface area contributed by atoms with E-state index in [1.165, 1.54) is 16.2 Å². The summed E-state index contributed by atoms with van der Waals surface area (Å²) in [6.07, 6.45) is 0.750. The van der Waals surface area contributed by atoms with Crippen LogP contribution in [0.5, 0.6) is 11.5 Å². The SMILES string of the molecule is CCOc1ccc2nc(N3C(=O)C(=O)C(=C(O)c4ccc5c(c4)CC(C)O5)C3c3ccc(C(C)C)cc3)sc2c1. The van der Waals surface area contributed by atoms with Gasteiger partial charge in [-0.1, -0.05) is 49.4 Å². The van der Waals surface area contributed by atoms with Gasteiger partial charge in [0, 0.05) is 12.0 Å². The van der Waals surface area contributed by atoms with Gasteiger partial charge in [-0.25, -0.2) is 4.98 Å². The molecule has 3 aromatic carbocycles. The first-order chi connectivity index (χ1) is 19.2. The number of ketones is 1. The van der Waals surface area contributed by atoms with Crippen LogP contribution < -0.4 is 14.4 Å². The second-order valence-electron chi connectivity index (χ2n) is 10.5. The summed E-state index contributed by atoms with van der Waals surface area (Å²) >= 11 is 1.31. The standard InChI is InChI=1S/C32H30N2O5S/c1-5-38-23-11-12-24-26(16-23)40-32(33-24)34-28(20-8-6-19(7-9-20)17(2)3)27(30(36)31(34)37)29(35)21-10-13-25-22(15-21)14-18(4)39-25/h6-13,15-18,28,35H,5,14H2,1-4H3. The third-order valence-electron chi connectivity index (χ3n) is 7.40. The molecular formula is C32H30N2O5S. The van der Waals surface area contributed by atoms with Crippen molar-refractivity contribution in [2.45, 2.75) is 52.2 Å². The lowest BCUT2D eigenvalue weighted by atomic mass is 9.93. The number of aliphatic hydroxyl groups excluding tert-OH is 1. The third kappa shape index (κ3) is 4.42. The first-order valence-electron chi connectivity index (χ1n) is 13.5. The monoisotopic (exact) mass is 554 g/mol. The van der Waals surface area contributed by atoms with E-state index in [0.717, 1.165) is 27.1 Å². The van der Waals surface area contributed by atoms with Crippen molar-refractivity contribution in [1.82, 2.24) is 4.98 Å². The maximum Gasteiger partial charge on any atom is 0.301 e. The second kappa shape index (κ2) is 10.1. The number of hydrogen-bond donors (Lipinski definition) is 1. The molecule has 2 atom stereocenters. The molecular weight excluding hydrogens is 524 g/mol. The van der Waals surface area contributed by atoms with E-state index >= 15 is 0 Å². The van der Waals surface area contributed by atoms with Gasteiger partial charge in [-0.05, 0) is 72.9 Å². The molecule has 1 amide bonds. The van der Waals surface area contributed by atoms with Gasteiger partial charge in [-0.3, -0.25) is 14.5 Å². The number of ether oxygens (including phenoxy) is 2. The summed E-state index contributed by atoms with van der Waals surface area (Å²) in [5, 5.41) is 12.0. The minimum Gasteiger partial charge on any atom is -0.507 e. The normalized spacial score (nSPS) is 19.9. The molecule has 204 valence electrons. The Bertz CT molecular complexity index is 1670. The van der Waals surface area contributed by atoms with E-state index in [9.17, 15) is 14.7 Å². The zero-order valence-corrected chi connectivity index (χ0v) is 23.6. The zero-order valence-electron chi connectivity index (χ0n) is 22.8. The van der Waals surface area contributed by atoms with Crippen molar-refractivity contribution in [3.8, 4) is 11.5 Å². The number of aliphatic hydroxyl groups is 1. The highest BCUT2D eigenvalue weighted by atomic mass is 32.1. The van der Waals surface area contributed by atoms with E-state index in [4.69, 9.17) is 14.5 Å². The highest BCUT2D eigenvalue weighted by Crippen LogP contribution is 2.45. The van der Waals surface area contributed by atoms with Crippen LogP contribution in [0.2, 0.25) is 0 Å². The van der Waals surface area contributed by atoms with Gasteiger partial charge in [0.25, 0.3) is 5.78 Å². The van der Waals surface area contributed by atoms with E-state index in [2.05, 4.69) is 13.8 Å². The number of thiazole rings is 1. The van der Waals surface area contributed by atoms with Gasteiger partial charge in [0.2, 0.25) is 0 Å². The number of amides is 1. The van der Waals surface area contributed by atoms with Crippen LogP contribution in [0.3, 0.4) is 0 Å². The molecule has 3 heterocycles. The van der Waals surface area contributed by atoms with Crippen LogP contribution in [0.25, 0.3) is 16.0 Å². The number of anilines is 1. The molecule has 1 aromatic heterocycles. The Hall–Kier alpha value is -4.17. The minimum atomic E-state index is -0.837. The molecule has 0 saturated carbocycles. The molecule has 0 aliphatic carbocycles. The molecule has 7 nitrogen and oxygen atoms in total. The number of carbonyl (C=O) groups is 2. The fraction of sp³-hybridized carbons (Fsp3) is 0.281. The number of fused-ring (bicyclic) bond motifs is 2. The van der Waals surface area contributed by atoms with Crippen LogP contribution in [0.4, 0.5) is 5.13 Å². The molecule has 2 aliphatic rings. The van der Waals surface area contributed by atoms with Crippen molar-refractivity contribution in [2.75, 3.05) is 11.5 Å². The average molecular weight is 555 g/mol. The van der Waals surface area contributed by atoms with Crippen LogP contribution in [0.15, 0.2) is 66.2 Å². The molecule has 1 N–H and O–H groups in total. The van der Waals surface area contributed by atoms with E-state index < -0.39 is 17.7 Å². The Labute approximate surface area is 236 Å². The van der Waals surface area contributed by atoms with E-state index in [1.54, 1.807) is 12.1 Å². The van der Waals surface area contributed by atoms with E-state index in [-0.39, 0.29) is 17.4 Å². The molecule has 0 bridgehead atoms. The van der Waals surface area contributed by atoms with Gasteiger partial charge >= 0.3 is 5.91 Å². The van der Waals surface area contributed by atoms with Gasteiger partial charge in [0.05, 0.1) is 28.4 Å². The summed E-state index contributed by atoms with van der Waals surface area (Å²) in [4.78, 5) is 33.4. The number of rotatable bonds is 6. The fourth-order valence-electron chi connectivity index (χ4n) is 5.39. The number of benzene rings is 3. The van der Waals surface area contributed by atoms with Gasteiger partial charge in [-0.15, -0.1) is 0 Å². The molecule has 0 radical (unpaired) electrons. The Morgan fingerprint density at radius 3 is 2.62 bits per heavy atom. The first kappa shape index (κ1) is 26.1. The van der Waals surface area contributed by atoms with Crippen molar-refractivity contribution in [2.24, 2.45) is 0 Å². The highest BCUT2D eigenvalue weighted by Gasteiger charge is 2.48. The van der Waals surface area contributed by atoms with Crippen LogP contribution in [-0.2, 0) is 16.0 Å². The van der Waals surface area contributed by atoms with E-state index in [1.807, 2.05) is 62.4 Å². The summed E-state index contributed by atoms with van der Waals surface area (Å²) in [6.45, 7) is 8.66. The van der Waals surface area contributed by atoms with Gasteiger partial charge < -0.3 is 14.6 Å². The minimum absolute atomic E-state index is 0.0414. The first-order valence-corrected chi connectivity index (χ1v) is 14.3. The third-order valence-corrected chi connectivity index (χ3v) is 8.42. The Balaban J connectivity index is 1.50. The smallest absolute Gasteiger partial charge is 0.301 e. The number of aromatic nitrogens is 1. The van der Waals surface area contributed by atoms with Crippen molar-refractivity contribution in [3.05, 3.63) is 88.5 Å². The van der Waals surface area contributed by atoms with Crippen LogP contribution >= 0.6 is 11.3 Å². The second-order valence-corrected chi connectivity index (χ2v) is 11.5. The lowest BCUT2D eigenvalue weighted by molar-refractivity contribution is -0.132. The maximum atomic E-state index is 13.6. The molecule has 0 spiro atoms. The van der Waals surface area contributed by atoms with Crippen LogP contribution in [0.1, 0.15) is 61.9 Å². The molecule has 1 fully saturated rings. The number of carbonyl (C=O) groups excluding carboxylic acids is 2. The number of nitrogens with zero attached hydrogens (tertiary/aromatic N) is 2. The largest absolute Gasteiger partial charge is 0.507 e. The average Bonchev–Trinajstić information content (AvgIpc) is 3.60. The Morgan fingerprint density at radius 1 is 1.12 bits per heavy atom. The summed E-state index contributed by atoms with van der Waals surface area (Å²) in [5.41, 5.74) is 4.04. The Kier molecular flexibility index (Phi) is 6.58. The summed E-state index contributed by atoms with van der Waals surface area (Å²) in [6, 6.07) is 17.9. The highest BCUT2D eigenvalue weighted by molar-refractivity contribution is 7.22. The van der Waals surface area contributed by atoms with Crippen molar-refractivity contribution >= 4 is 44.1 Å². The van der Waals surface area contributed by atoms with Crippen molar-refractivity contribution in [3.63, 3.8) is 0 Å². The van der Waals surface area contributed by atoms with Crippen LogP contribution in [0, 0.1) is 0 Å². The predicted molar refractivity (Wildman–Crippen MR) is 156 cm³/mol. The lowest BCUT2D eigenvalue weighted by Crippen LogP contribution is -2.29. The molecule has 4 aromatic rings. The molecule has 6 rings (SSSR count). The summed E-state index contributed by atoms with van der Waals surface area (Å²) < 4.78 is 12.3. The molecule has 2 aliphatic heterocycles. The van der Waals surface area contributed by atoms with Crippen molar-refractivity contribution < 1.29 is 24.2 Å². The molecule has 8 heteroatoms. The number of Topliss-reactive ketones (excluding diaryl/α,β-unsaturated/α-hetero) is 1. The summed E-state index contributed by atoms with van der Waals surface area (Å²) in [7, 11) is 0. The Morgan fingerprint density at radius 2 is 1.90 bits per heavy atom. The molecule has 1 saturated heterocycles. The molecule has 2 unspecified atom stereocenters. The van der Waals surface area contributed by atoms with Crippen molar-refractivity contribution in [1.29, 1.82) is 0 Å². The van der Waals surface area contributed by atoms with Gasteiger partial charge in [-0.2, -0.15) is 0 Å².